The molecular weight excluding hydrogens is 260 g/mol. The highest BCUT2D eigenvalue weighted by Gasteiger charge is 1.98. The number of hydrogen-bond donors (Lipinski definition) is 0. The van der Waals surface area contributed by atoms with Gasteiger partial charge in [0.25, 0.3) is 0 Å². The van der Waals surface area contributed by atoms with Crippen LogP contribution in [0.3, 0.4) is 0 Å². The highest BCUT2D eigenvalue weighted by Crippen LogP contribution is 2.11. The number of hydrogen-bond acceptors (Lipinski definition) is 2. The molecular formula is C19H34O2. The van der Waals surface area contributed by atoms with Crippen LogP contribution in [0.4, 0.5) is 0 Å². The van der Waals surface area contributed by atoms with E-state index in [9.17, 15) is 4.79 Å². The lowest BCUT2D eigenvalue weighted by atomic mass is 10.1. The van der Waals surface area contributed by atoms with Crippen LogP contribution in [0.5, 0.6) is 0 Å². The van der Waals surface area contributed by atoms with Gasteiger partial charge in [-0.05, 0) is 39.0 Å². The minimum Gasteiger partial charge on any atom is -0.469 e. The van der Waals surface area contributed by atoms with Gasteiger partial charge in [0.2, 0.25) is 0 Å². The van der Waals surface area contributed by atoms with Crippen LogP contribution in [0.15, 0.2) is 24.3 Å². The lowest BCUT2D eigenvalue weighted by molar-refractivity contribution is -0.140. The van der Waals surface area contributed by atoms with Crippen molar-refractivity contribution < 1.29 is 9.53 Å². The molecule has 0 atom stereocenters. The van der Waals surface area contributed by atoms with E-state index in [0.717, 1.165) is 12.8 Å². The van der Waals surface area contributed by atoms with Crippen LogP contribution in [-0.2, 0) is 9.53 Å². The zero-order valence-corrected chi connectivity index (χ0v) is 14.1. The highest BCUT2D eigenvalue weighted by molar-refractivity contribution is 5.68. The number of allylic oxidation sites excluding steroid dienone is 4. The number of rotatable bonds is 14. The fourth-order valence-electron chi connectivity index (χ4n) is 2.29. The Labute approximate surface area is 131 Å². The third-order valence-electron chi connectivity index (χ3n) is 3.63. The van der Waals surface area contributed by atoms with Crippen molar-refractivity contribution >= 4 is 5.97 Å². The smallest absolute Gasteiger partial charge is 0.305 e. The molecule has 2 heteroatoms. The van der Waals surface area contributed by atoms with Crippen molar-refractivity contribution in [1.82, 2.24) is 0 Å². The Morgan fingerprint density at radius 1 is 0.762 bits per heavy atom. The molecule has 0 bridgehead atoms. The fourth-order valence-corrected chi connectivity index (χ4v) is 2.29. The maximum absolute atomic E-state index is 10.9. The van der Waals surface area contributed by atoms with Gasteiger partial charge < -0.3 is 4.74 Å². The van der Waals surface area contributed by atoms with Gasteiger partial charge >= 0.3 is 5.97 Å². The Morgan fingerprint density at radius 3 is 1.90 bits per heavy atom. The molecule has 0 amide bonds. The quantitative estimate of drug-likeness (QED) is 0.224. The number of carbonyl (C=O) groups is 1. The number of unbranched alkanes of at least 4 members (excludes halogenated alkanes) is 9. The van der Waals surface area contributed by atoms with Crippen molar-refractivity contribution in [2.45, 2.75) is 84.0 Å². The molecule has 0 aromatic heterocycles. The van der Waals surface area contributed by atoms with Crippen molar-refractivity contribution in [1.29, 1.82) is 0 Å². The van der Waals surface area contributed by atoms with E-state index in [0.29, 0.717) is 6.42 Å². The zero-order valence-electron chi connectivity index (χ0n) is 14.1. The van der Waals surface area contributed by atoms with E-state index in [2.05, 4.69) is 36.0 Å². The van der Waals surface area contributed by atoms with Crippen molar-refractivity contribution in [2.24, 2.45) is 0 Å². The van der Waals surface area contributed by atoms with Crippen molar-refractivity contribution in [2.75, 3.05) is 7.11 Å². The van der Waals surface area contributed by atoms with E-state index in [1.807, 2.05) is 0 Å². The Balaban J connectivity index is 3.10. The summed E-state index contributed by atoms with van der Waals surface area (Å²) in [5, 5.41) is 0. The molecule has 122 valence electrons. The Hall–Kier alpha value is -1.05. The molecule has 0 aliphatic heterocycles. The van der Waals surface area contributed by atoms with E-state index in [4.69, 9.17) is 0 Å². The lowest BCUT2D eigenvalue weighted by Gasteiger charge is -2.01. The molecule has 21 heavy (non-hydrogen) atoms. The Kier molecular flexibility index (Phi) is 16.2. The average molecular weight is 294 g/mol. The van der Waals surface area contributed by atoms with Crippen LogP contribution in [0.25, 0.3) is 0 Å². The second kappa shape index (κ2) is 17.0. The maximum Gasteiger partial charge on any atom is 0.305 e. The molecule has 0 aliphatic carbocycles. The second-order valence-electron chi connectivity index (χ2n) is 5.56. The number of methoxy groups -OCH3 is 1. The van der Waals surface area contributed by atoms with Crippen LogP contribution in [0.1, 0.15) is 84.0 Å². The van der Waals surface area contributed by atoms with E-state index in [-0.39, 0.29) is 5.97 Å². The first-order valence-corrected chi connectivity index (χ1v) is 8.64. The third-order valence-corrected chi connectivity index (χ3v) is 3.63. The number of ether oxygens (including phenoxy) is 1. The fraction of sp³-hybridized carbons (Fsp3) is 0.737. The van der Waals surface area contributed by atoms with E-state index < -0.39 is 0 Å². The summed E-state index contributed by atoms with van der Waals surface area (Å²) < 4.78 is 4.62. The monoisotopic (exact) mass is 294 g/mol. The molecule has 0 heterocycles. The number of carbonyl (C=O) groups excluding carboxylic acids is 1. The van der Waals surface area contributed by atoms with Gasteiger partial charge in [0.1, 0.15) is 0 Å². The van der Waals surface area contributed by atoms with Gasteiger partial charge in [0, 0.05) is 6.42 Å². The first kappa shape index (κ1) is 19.9. The zero-order chi connectivity index (χ0) is 15.6. The molecule has 0 N–H and O–H groups in total. The summed E-state index contributed by atoms with van der Waals surface area (Å²) in [6.07, 6.45) is 23.2. The topological polar surface area (TPSA) is 26.3 Å². The van der Waals surface area contributed by atoms with Gasteiger partial charge in [-0.2, -0.15) is 0 Å². The molecule has 0 aromatic carbocycles. The van der Waals surface area contributed by atoms with Crippen molar-refractivity contribution in [3.63, 3.8) is 0 Å². The van der Waals surface area contributed by atoms with Crippen LogP contribution in [0.2, 0.25) is 0 Å². The summed E-state index contributed by atoms with van der Waals surface area (Å²) in [5.41, 5.74) is 0. The summed E-state index contributed by atoms with van der Waals surface area (Å²) in [4.78, 5) is 10.9. The summed E-state index contributed by atoms with van der Waals surface area (Å²) in [5.74, 6) is -0.0752. The van der Waals surface area contributed by atoms with Gasteiger partial charge in [-0.1, -0.05) is 62.8 Å². The first-order chi connectivity index (χ1) is 10.3. The summed E-state index contributed by atoms with van der Waals surface area (Å²) in [6, 6.07) is 0. The lowest BCUT2D eigenvalue weighted by Crippen LogP contribution is -1.99. The van der Waals surface area contributed by atoms with E-state index in [1.165, 1.54) is 64.9 Å². The maximum atomic E-state index is 10.9. The van der Waals surface area contributed by atoms with Crippen LogP contribution < -0.4 is 0 Å². The van der Waals surface area contributed by atoms with E-state index >= 15 is 0 Å². The van der Waals surface area contributed by atoms with Crippen LogP contribution in [0, 0.1) is 0 Å². The minimum atomic E-state index is -0.0752. The van der Waals surface area contributed by atoms with Gasteiger partial charge in [0.05, 0.1) is 7.11 Å². The molecule has 0 saturated heterocycles. The summed E-state index contributed by atoms with van der Waals surface area (Å²) in [7, 11) is 1.46. The third kappa shape index (κ3) is 16.9. The summed E-state index contributed by atoms with van der Waals surface area (Å²) >= 11 is 0. The molecule has 0 rings (SSSR count). The molecule has 0 spiro atoms. The molecule has 2 nitrogen and oxygen atoms in total. The van der Waals surface area contributed by atoms with Crippen molar-refractivity contribution in [3.8, 4) is 0 Å². The van der Waals surface area contributed by atoms with Crippen molar-refractivity contribution in [3.05, 3.63) is 24.3 Å². The molecule has 0 aliphatic rings. The normalized spacial score (nSPS) is 11.5. The van der Waals surface area contributed by atoms with Gasteiger partial charge in [-0.3, -0.25) is 4.79 Å². The largest absolute Gasteiger partial charge is 0.469 e. The molecule has 0 saturated carbocycles. The van der Waals surface area contributed by atoms with Crippen LogP contribution >= 0.6 is 0 Å². The molecule has 0 unspecified atom stereocenters. The Bertz CT molecular complexity index is 279. The molecule has 0 fully saturated rings. The SMILES string of the molecule is C/C=C\CC/C=C\CCCCCCCCCCC(=O)OC. The van der Waals surface area contributed by atoms with Gasteiger partial charge in [-0.15, -0.1) is 0 Å². The first-order valence-electron chi connectivity index (χ1n) is 8.64. The predicted molar refractivity (Wildman–Crippen MR) is 91.4 cm³/mol. The average Bonchev–Trinajstić information content (AvgIpc) is 2.50. The molecule has 0 aromatic rings. The molecule has 0 radical (unpaired) electrons. The minimum absolute atomic E-state index is 0.0752. The van der Waals surface area contributed by atoms with Gasteiger partial charge in [0.15, 0.2) is 0 Å². The Morgan fingerprint density at radius 2 is 1.29 bits per heavy atom. The van der Waals surface area contributed by atoms with Crippen LogP contribution in [-0.4, -0.2) is 13.1 Å². The van der Waals surface area contributed by atoms with E-state index in [1.54, 1.807) is 0 Å². The highest BCUT2D eigenvalue weighted by atomic mass is 16.5. The summed E-state index contributed by atoms with van der Waals surface area (Å²) in [6.45, 7) is 2.07. The number of esters is 1. The second-order valence-corrected chi connectivity index (χ2v) is 5.56. The predicted octanol–water partition coefficient (Wildman–Crippen LogP) is 5.97. The standard InChI is InChI=1S/C19H34O2/c1-3-4-5-6-7-8-9-10-11-12-13-14-15-16-17-18-19(20)21-2/h3-4,7-8H,5-6,9-18H2,1-2H3/b4-3-,8-7-. The van der Waals surface area contributed by atoms with Gasteiger partial charge in [-0.25, -0.2) is 0 Å².